The number of carbonyl (C=O) groups excluding carboxylic acids is 1. The van der Waals surface area contributed by atoms with Crippen LogP contribution in [0, 0.1) is 10.5 Å². The van der Waals surface area contributed by atoms with Crippen LogP contribution in [0.5, 0.6) is 0 Å². The van der Waals surface area contributed by atoms with Crippen molar-refractivity contribution in [2.24, 2.45) is 0 Å². The fourth-order valence-corrected chi connectivity index (χ4v) is 1.55. The van der Waals surface area contributed by atoms with E-state index in [4.69, 9.17) is 0 Å². The van der Waals surface area contributed by atoms with E-state index >= 15 is 0 Å². The number of hydrogen-bond acceptors (Lipinski definition) is 3. The normalized spacial score (nSPS) is 9.88. The summed E-state index contributed by atoms with van der Waals surface area (Å²) in [6.07, 6.45) is 3.08. The Bertz CT molecular complexity index is 468. The van der Waals surface area contributed by atoms with Gasteiger partial charge >= 0.3 is 0 Å². The Morgan fingerprint density at radius 2 is 2.44 bits per heavy atom. The van der Waals surface area contributed by atoms with Crippen LogP contribution in [0.15, 0.2) is 23.6 Å². The first-order valence-electron chi connectivity index (χ1n) is 4.65. The Labute approximate surface area is 107 Å². The molecule has 1 amide bonds. The molecule has 0 aromatic carbocycles. The summed E-state index contributed by atoms with van der Waals surface area (Å²) in [6.45, 7) is 5.57. The first kappa shape index (κ1) is 12.9. The molecule has 1 heterocycles. The highest BCUT2D eigenvalue weighted by Gasteiger charge is 2.08. The number of halogens is 1. The molecule has 86 valence electrons. The molecular formula is C10H12IN3O2. The van der Waals surface area contributed by atoms with Crippen LogP contribution in [0.3, 0.4) is 0 Å². The fraction of sp³-hybridized carbons (Fsp3) is 0.300. The predicted octanol–water partition coefficient (Wildman–Crippen LogP) is 0.459. The molecule has 0 spiro atoms. The maximum Gasteiger partial charge on any atom is 0.267 e. The number of amides is 1. The van der Waals surface area contributed by atoms with E-state index in [0.29, 0.717) is 15.9 Å². The monoisotopic (exact) mass is 333 g/mol. The van der Waals surface area contributed by atoms with Gasteiger partial charge < -0.3 is 5.32 Å². The van der Waals surface area contributed by atoms with Crippen LogP contribution in [-0.2, 0) is 11.3 Å². The minimum atomic E-state index is -0.228. The molecular weight excluding hydrogens is 321 g/mol. The summed E-state index contributed by atoms with van der Waals surface area (Å²) in [6, 6.07) is 0. The third kappa shape index (κ3) is 3.16. The Kier molecular flexibility index (Phi) is 4.66. The quantitative estimate of drug-likeness (QED) is 0.643. The van der Waals surface area contributed by atoms with Crippen molar-refractivity contribution in [3.05, 3.63) is 38.6 Å². The van der Waals surface area contributed by atoms with Crippen LogP contribution in [-0.4, -0.2) is 22.0 Å². The number of carbonyl (C=O) groups is 1. The van der Waals surface area contributed by atoms with E-state index in [1.54, 1.807) is 13.0 Å². The lowest BCUT2D eigenvalue weighted by atomic mass is 10.4. The molecule has 0 fully saturated rings. The van der Waals surface area contributed by atoms with Gasteiger partial charge in [-0.15, -0.1) is 6.58 Å². The highest BCUT2D eigenvalue weighted by molar-refractivity contribution is 14.1. The van der Waals surface area contributed by atoms with Gasteiger partial charge in [-0.25, -0.2) is 4.98 Å². The van der Waals surface area contributed by atoms with Gasteiger partial charge in [0.05, 0.1) is 3.57 Å². The average Bonchev–Trinajstić information content (AvgIpc) is 2.27. The second kappa shape index (κ2) is 5.78. The molecule has 1 aromatic rings. The van der Waals surface area contributed by atoms with Crippen LogP contribution in [0.2, 0.25) is 0 Å². The van der Waals surface area contributed by atoms with Crippen molar-refractivity contribution in [2.45, 2.75) is 13.5 Å². The Hall–Kier alpha value is -1.18. The van der Waals surface area contributed by atoms with Gasteiger partial charge in [0, 0.05) is 12.7 Å². The van der Waals surface area contributed by atoms with Gasteiger partial charge in [0.15, 0.2) is 0 Å². The molecule has 0 aliphatic heterocycles. The topological polar surface area (TPSA) is 64.0 Å². The van der Waals surface area contributed by atoms with Crippen molar-refractivity contribution in [2.75, 3.05) is 6.54 Å². The SMILES string of the molecule is C=CCNC(=O)Cn1c(C)ncc(I)c1=O. The summed E-state index contributed by atoms with van der Waals surface area (Å²) in [5.74, 6) is 0.299. The number of rotatable bonds is 4. The Morgan fingerprint density at radius 3 is 3.06 bits per heavy atom. The van der Waals surface area contributed by atoms with Crippen LogP contribution >= 0.6 is 22.6 Å². The second-order valence-electron chi connectivity index (χ2n) is 3.14. The molecule has 0 bridgehead atoms. The zero-order valence-electron chi connectivity index (χ0n) is 8.86. The lowest BCUT2D eigenvalue weighted by molar-refractivity contribution is -0.121. The molecule has 0 saturated carbocycles. The van der Waals surface area contributed by atoms with E-state index < -0.39 is 0 Å². The molecule has 0 aliphatic rings. The maximum atomic E-state index is 11.7. The molecule has 1 rings (SSSR count). The zero-order chi connectivity index (χ0) is 12.1. The largest absolute Gasteiger partial charge is 0.351 e. The van der Waals surface area contributed by atoms with E-state index in [-0.39, 0.29) is 18.0 Å². The van der Waals surface area contributed by atoms with Crippen molar-refractivity contribution in [3.63, 3.8) is 0 Å². The number of aryl methyl sites for hydroxylation is 1. The molecule has 0 atom stereocenters. The summed E-state index contributed by atoms with van der Waals surface area (Å²) in [7, 11) is 0. The minimum Gasteiger partial charge on any atom is -0.351 e. The van der Waals surface area contributed by atoms with Crippen molar-refractivity contribution in [3.8, 4) is 0 Å². The van der Waals surface area contributed by atoms with Gasteiger partial charge in [-0.2, -0.15) is 0 Å². The number of nitrogens with one attached hydrogen (secondary N) is 1. The summed E-state index contributed by atoms with van der Waals surface area (Å²) in [5.41, 5.74) is -0.193. The van der Waals surface area contributed by atoms with Crippen molar-refractivity contribution >= 4 is 28.5 Å². The first-order valence-corrected chi connectivity index (χ1v) is 5.73. The summed E-state index contributed by atoms with van der Waals surface area (Å²) < 4.78 is 1.85. The maximum absolute atomic E-state index is 11.7. The highest BCUT2D eigenvalue weighted by Crippen LogP contribution is 1.97. The van der Waals surface area contributed by atoms with Gasteiger partial charge in [-0.05, 0) is 29.5 Å². The predicted molar refractivity (Wildman–Crippen MR) is 69.2 cm³/mol. The number of aromatic nitrogens is 2. The van der Waals surface area contributed by atoms with E-state index in [0.717, 1.165) is 0 Å². The molecule has 5 nitrogen and oxygen atoms in total. The Morgan fingerprint density at radius 1 is 1.75 bits per heavy atom. The standard InChI is InChI=1S/C10H12IN3O2/c1-3-4-12-9(15)6-14-7(2)13-5-8(11)10(14)16/h3,5H,1,4,6H2,2H3,(H,12,15). The van der Waals surface area contributed by atoms with Gasteiger partial charge in [0.1, 0.15) is 12.4 Å². The highest BCUT2D eigenvalue weighted by atomic mass is 127. The summed E-state index contributed by atoms with van der Waals surface area (Å²) in [4.78, 5) is 27.2. The van der Waals surface area contributed by atoms with Crippen molar-refractivity contribution in [1.29, 1.82) is 0 Å². The third-order valence-corrected chi connectivity index (χ3v) is 2.69. The van der Waals surface area contributed by atoms with E-state index in [9.17, 15) is 9.59 Å². The van der Waals surface area contributed by atoms with Gasteiger partial charge in [0.2, 0.25) is 5.91 Å². The molecule has 1 N–H and O–H groups in total. The minimum absolute atomic E-state index is 0.0116. The molecule has 6 heteroatoms. The van der Waals surface area contributed by atoms with Crippen LogP contribution in [0.1, 0.15) is 5.82 Å². The molecule has 0 unspecified atom stereocenters. The van der Waals surface area contributed by atoms with Crippen LogP contribution in [0.4, 0.5) is 0 Å². The first-order chi connectivity index (χ1) is 7.56. The summed E-state index contributed by atoms with van der Waals surface area (Å²) >= 11 is 1.90. The lowest BCUT2D eigenvalue weighted by Crippen LogP contribution is -2.34. The molecule has 16 heavy (non-hydrogen) atoms. The third-order valence-electron chi connectivity index (χ3n) is 1.95. The second-order valence-corrected chi connectivity index (χ2v) is 4.30. The molecule has 0 radical (unpaired) electrons. The molecule has 0 saturated heterocycles. The van der Waals surface area contributed by atoms with Gasteiger partial charge in [-0.3, -0.25) is 14.2 Å². The molecule has 1 aromatic heterocycles. The van der Waals surface area contributed by atoms with E-state index in [1.165, 1.54) is 10.8 Å². The zero-order valence-corrected chi connectivity index (χ0v) is 11.0. The lowest BCUT2D eigenvalue weighted by Gasteiger charge is -2.08. The number of hydrogen-bond donors (Lipinski definition) is 1. The summed E-state index contributed by atoms with van der Waals surface area (Å²) in [5, 5.41) is 2.61. The molecule has 0 aliphatic carbocycles. The smallest absolute Gasteiger partial charge is 0.267 e. The van der Waals surface area contributed by atoms with E-state index in [2.05, 4.69) is 16.9 Å². The van der Waals surface area contributed by atoms with Crippen molar-refractivity contribution < 1.29 is 4.79 Å². The van der Waals surface area contributed by atoms with Gasteiger partial charge in [0.25, 0.3) is 5.56 Å². The number of nitrogens with zero attached hydrogens (tertiary/aromatic N) is 2. The van der Waals surface area contributed by atoms with Crippen LogP contribution in [0.25, 0.3) is 0 Å². The Balaban J connectivity index is 2.89. The average molecular weight is 333 g/mol. The van der Waals surface area contributed by atoms with Crippen molar-refractivity contribution in [1.82, 2.24) is 14.9 Å². The van der Waals surface area contributed by atoms with Crippen LogP contribution < -0.4 is 10.9 Å². The van der Waals surface area contributed by atoms with E-state index in [1.807, 2.05) is 22.6 Å². The van der Waals surface area contributed by atoms with Gasteiger partial charge in [-0.1, -0.05) is 6.08 Å². The fourth-order valence-electron chi connectivity index (χ4n) is 1.12.